The number of hydrogen-bond donors (Lipinski definition) is 1. The highest BCUT2D eigenvalue weighted by atomic mass is 16.2. The molecule has 2 fully saturated rings. The molecule has 2 amide bonds. The van der Waals surface area contributed by atoms with Crippen molar-refractivity contribution in [3.63, 3.8) is 0 Å². The molecule has 0 aromatic rings. The average molecular weight is 263 g/mol. The number of urea groups is 1. The Labute approximate surface area is 116 Å². The summed E-state index contributed by atoms with van der Waals surface area (Å²) in [6.45, 7) is 3.88. The van der Waals surface area contributed by atoms with Crippen molar-refractivity contribution < 1.29 is 4.79 Å². The van der Waals surface area contributed by atoms with Crippen molar-refractivity contribution in [2.45, 2.75) is 63.8 Å². The van der Waals surface area contributed by atoms with Crippen LogP contribution in [-0.4, -0.2) is 29.6 Å². The van der Waals surface area contributed by atoms with Gasteiger partial charge in [0, 0.05) is 13.1 Å². The minimum absolute atomic E-state index is 0.0313. The Bertz CT molecular complexity index is 347. The molecular weight excluding hydrogens is 238 g/mol. The van der Waals surface area contributed by atoms with Gasteiger partial charge in [-0.25, -0.2) is 4.79 Å². The zero-order valence-corrected chi connectivity index (χ0v) is 12.0. The van der Waals surface area contributed by atoms with Crippen LogP contribution in [0.1, 0.15) is 58.3 Å². The molecule has 1 saturated carbocycles. The number of amides is 2. The molecule has 1 N–H and O–H groups in total. The highest BCUT2D eigenvalue weighted by Crippen LogP contribution is 2.33. The molecule has 2 aliphatic rings. The fourth-order valence-corrected chi connectivity index (χ4v) is 3.22. The molecule has 0 spiro atoms. The molecule has 0 atom stereocenters. The monoisotopic (exact) mass is 263 g/mol. The number of likely N-dealkylation sites (tertiary alicyclic amines) is 1. The fourth-order valence-electron chi connectivity index (χ4n) is 3.22. The number of nitrogens with zero attached hydrogens (tertiary/aromatic N) is 2. The lowest BCUT2D eigenvalue weighted by Crippen LogP contribution is -2.54. The smallest absolute Gasteiger partial charge is 0.318 e. The number of nitriles is 1. The van der Waals surface area contributed by atoms with Gasteiger partial charge in [-0.1, -0.05) is 13.3 Å². The number of carbonyl (C=O) groups excluding carboxylic acids is 1. The largest absolute Gasteiger partial charge is 0.325 e. The van der Waals surface area contributed by atoms with Crippen LogP contribution < -0.4 is 5.32 Å². The van der Waals surface area contributed by atoms with Crippen LogP contribution in [0.3, 0.4) is 0 Å². The van der Waals surface area contributed by atoms with Crippen molar-refractivity contribution >= 4 is 6.03 Å². The predicted octanol–water partition coefficient (Wildman–Crippen LogP) is 3.04. The maximum Gasteiger partial charge on any atom is 0.318 e. The molecule has 0 radical (unpaired) electrons. The minimum Gasteiger partial charge on any atom is -0.325 e. The molecule has 1 saturated heterocycles. The molecule has 106 valence electrons. The second kappa shape index (κ2) is 6.27. The van der Waals surface area contributed by atoms with E-state index in [1.165, 1.54) is 12.8 Å². The number of rotatable bonds is 2. The number of hydrogen-bond acceptors (Lipinski definition) is 2. The number of carbonyl (C=O) groups is 1. The first-order chi connectivity index (χ1) is 9.19. The summed E-state index contributed by atoms with van der Waals surface area (Å²) in [5, 5.41) is 12.5. The fraction of sp³-hybridized carbons (Fsp3) is 0.867. The topological polar surface area (TPSA) is 56.1 Å². The maximum atomic E-state index is 12.2. The molecule has 4 heteroatoms. The van der Waals surface area contributed by atoms with Crippen molar-refractivity contribution in [2.24, 2.45) is 5.92 Å². The first-order valence-corrected chi connectivity index (χ1v) is 7.67. The van der Waals surface area contributed by atoms with E-state index in [9.17, 15) is 10.1 Å². The molecule has 2 rings (SSSR count). The van der Waals surface area contributed by atoms with Crippen LogP contribution >= 0.6 is 0 Å². The molecular formula is C15H25N3O. The molecule has 4 nitrogen and oxygen atoms in total. The molecule has 0 aromatic heterocycles. The number of piperidine rings is 1. The SMILES string of the molecule is CCC1CCC(C#N)(NC(=O)N2CCCCC2)CC1. The first kappa shape index (κ1) is 14.2. The van der Waals surface area contributed by atoms with Crippen molar-refractivity contribution in [2.75, 3.05) is 13.1 Å². The number of nitrogens with one attached hydrogen (secondary N) is 1. The van der Waals surface area contributed by atoms with E-state index in [0.717, 1.165) is 57.5 Å². The van der Waals surface area contributed by atoms with Crippen molar-refractivity contribution in [3.8, 4) is 6.07 Å². The molecule has 1 aliphatic carbocycles. The normalized spacial score (nSPS) is 31.6. The lowest BCUT2D eigenvalue weighted by Gasteiger charge is -2.37. The Kier molecular flexibility index (Phi) is 4.68. The first-order valence-electron chi connectivity index (χ1n) is 7.67. The second-order valence-corrected chi connectivity index (χ2v) is 6.02. The van der Waals surface area contributed by atoms with Crippen molar-refractivity contribution in [1.29, 1.82) is 5.26 Å². The van der Waals surface area contributed by atoms with Gasteiger partial charge in [0.15, 0.2) is 0 Å². The maximum absolute atomic E-state index is 12.2. The highest BCUT2D eigenvalue weighted by Gasteiger charge is 2.37. The molecule has 0 unspecified atom stereocenters. The summed E-state index contributed by atoms with van der Waals surface area (Å²) in [5.74, 6) is 0.730. The van der Waals surface area contributed by atoms with Crippen molar-refractivity contribution in [3.05, 3.63) is 0 Å². The average Bonchev–Trinajstić information content (AvgIpc) is 2.49. The van der Waals surface area contributed by atoms with Crippen LogP contribution in [0.2, 0.25) is 0 Å². The van der Waals surface area contributed by atoms with Gasteiger partial charge in [0.25, 0.3) is 0 Å². The van der Waals surface area contributed by atoms with Crippen molar-refractivity contribution in [1.82, 2.24) is 10.2 Å². The predicted molar refractivity (Wildman–Crippen MR) is 74.5 cm³/mol. The Morgan fingerprint density at radius 1 is 1.32 bits per heavy atom. The lowest BCUT2D eigenvalue weighted by atomic mass is 9.76. The molecule has 1 aliphatic heterocycles. The summed E-state index contributed by atoms with van der Waals surface area (Å²) < 4.78 is 0. The molecule has 0 bridgehead atoms. The Morgan fingerprint density at radius 2 is 1.95 bits per heavy atom. The van der Waals surface area contributed by atoms with Gasteiger partial charge in [0.1, 0.15) is 5.54 Å². The van der Waals surface area contributed by atoms with E-state index in [4.69, 9.17) is 0 Å². The van der Waals surface area contributed by atoms with E-state index in [0.29, 0.717) is 0 Å². The lowest BCUT2D eigenvalue weighted by molar-refractivity contribution is 0.165. The third-order valence-corrected chi connectivity index (χ3v) is 4.74. The van der Waals surface area contributed by atoms with Gasteiger partial charge >= 0.3 is 6.03 Å². The van der Waals surface area contributed by atoms with Crippen LogP contribution in [0.5, 0.6) is 0 Å². The Balaban J connectivity index is 1.91. The van der Waals surface area contributed by atoms with E-state index in [-0.39, 0.29) is 6.03 Å². The van der Waals surface area contributed by atoms with E-state index in [1.807, 2.05) is 4.90 Å². The minimum atomic E-state index is -0.611. The van der Waals surface area contributed by atoms with Gasteiger partial charge in [-0.15, -0.1) is 0 Å². The van der Waals surface area contributed by atoms with Crippen LogP contribution in [0.25, 0.3) is 0 Å². The summed E-state index contributed by atoms with van der Waals surface area (Å²) >= 11 is 0. The van der Waals surface area contributed by atoms with Gasteiger partial charge in [-0.05, 0) is 50.9 Å². The third kappa shape index (κ3) is 3.40. The van der Waals surface area contributed by atoms with E-state index in [2.05, 4.69) is 18.3 Å². The van der Waals surface area contributed by atoms with Gasteiger partial charge in [0.2, 0.25) is 0 Å². The van der Waals surface area contributed by atoms with Crippen LogP contribution in [-0.2, 0) is 0 Å². The molecule has 19 heavy (non-hydrogen) atoms. The summed E-state index contributed by atoms with van der Waals surface area (Å²) in [6, 6.07) is 2.34. The van der Waals surface area contributed by atoms with Gasteiger partial charge in [0.05, 0.1) is 6.07 Å². The second-order valence-electron chi connectivity index (χ2n) is 6.02. The summed E-state index contributed by atoms with van der Waals surface area (Å²) in [6.07, 6.45) is 8.31. The van der Waals surface area contributed by atoms with E-state index in [1.54, 1.807) is 0 Å². The quantitative estimate of drug-likeness (QED) is 0.832. The highest BCUT2D eigenvalue weighted by molar-refractivity contribution is 5.75. The Morgan fingerprint density at radius 3 is 2.47 bits per heavy atom. The third-order valence-electron chi connectivity index (χ3n) is 4.74. The zero-order chi connectivity index (χ0) is 13.7. The van der Waals surface area contributed by atoms with Gasteiger partial charge in [-0.2, -0.15) is 5.26 Å². The van der Waals surface area contributed by atoms with E-state index >= 15 is 0 Å². The summed E-state index contributed by atoms with van der Waals surface area (Å²) in [5.41, 5.74) is -0.611. The molecule has 0 aromatic carbocycles. The van der Waals surface area contributed by atoms with Crippen LogP contribution in [0.4, 0.5) is 4.79 Å². The molecule has 1 heterocycles. The van der Waals surface area contributed by atoms with E-state index < -0.39 is 5.54 Å². The van der Waals surface area contributed by atoms with Crippen LogP contribution in [0.15, 0.2) is 0 Å². The van der Waals surface area contributed by atoms with Gasteiger partial charge in [-0.3, -0.25) is 0 Å². The zero-order valence-electron chi connectivity index (χ0n) is 12.0. The summed E-state index contributed by atoms with van der Waals surface area (Å²) in [4.78, 5) is 14.1. The van der Waals surface area contributed by atoms with Crippen LogP contribution in [0, 0.1) is 17.2 Å². The summed E-state index contributed by atoms with van der Waals surface area (Å²) in [7, 11) is 0. The standard InChI is InChI=1S/C15H25N3O/c1-2-13-6-8-15(12-16,9-7-13)17-14(19)18-10-4-3-5-11-18/h13H,2-11H2,1H3,(H,17,19). The van der Waals surface area contributed by atoms with Gasteiger partial charge < -0.3 is 10.2 Å². The Hall–Kier alpha value is -1.24.